The molecule has 150 valence electrons. The zero-order valence-corrected chi connectivity index (χ0v) is 18.8. The minimum absolute atomic E-state index is 0.111. The van der Waals surface area contributed by atoms with Crippen LogP contribution >= 0.6 is 22.9 Å². The number of hydrogen-bond acceptors (Lipinski definition) is 5. The largest absolute Gasteiger partial charge is 0.381 e. The standard InChI is InChI=1S/C21H25IN2O4/c1-5-7-9-23-18-16(12(3)10-13(4)25)20(27)17-14(8-6-2)11-15(26)24(22)19(17)21(18)28/h10-11,23H,5-9H2,1-4H3/b12-10-. The first-order chi connectivity index (χ1) is 13.2. The minimum Gasteiger partial charge on any atom is -0.381 e. The van der Waals surface area contributed by atoms with E-state index in [1.54, 1.807) is 29.8 Å². The van der Waals surface area contributed by atoms with E-state index in [9.17, 15) is 19.2 Å². The lowest BCUT2D eigenvalue weighted by atomic mass is 9.83. The minimum atomic E-state index is -0.388. The number of aryl methyl sites for hydroxylation is 1. The number of pyridine rings is 1. The Hall–Kier alpha value is -2.03. The van der Waals surface area contributed by atoms with Gasteiger partial charge in [0.2, 0.25) is 5.78 Å². The van der Waals surface area contributed by atoms with Crippen LogP contribution < -0.4 is 10.9 Å². The number of ketones is 3. The molecule has 0 aliphatic heterocycles. The number of carbonyl (C=O) groups is 3. The average molecular weight is 496 g/mol. The maximum absolute atomic E-state index is 13.5. The topological polar surface area (TPSA) is 85.2 Å². The number of hydrogen-bond donors (Lipinski definition) is 1. The molecule has 1 aromatic heterocycles. The predicted molar refractivity (Wildman–Crippen MR) is 117 cm³/mol. The van der Waals surface area contributed by atoms with Crippen LogP contribution in [0.25, 0.3) is 0 Å². The molecule has 0 fully saturated rings. The van der Waals surface area contributed by atoms with Crippen molar-refractivity contribution in [1.29, 1.82) is 0 Å². The van der Waals surface area contributed by atoms with Gasteiger partial charge in [0.25, 0.3) is 5.56 Å². The normalized spacial score (nSPS) is 14.4. The lowest BCUT2D eigenvalue weighted by Crippen LogP contribution is -2.36. The first-order valence-corrected chi connectivity index (χ1v) is 10.4. The smallest absolute Gasteiger partial charge is 0.260 e. The van der Waals surface area contributed by atoms with Crippen LogP contribution in [0.3, 0.4) is 0 Å². The van der Waals surface area contributed by atoms with Crippen LogP contribution in [0.15, 0.2) is 33.8 Å². The molecule has 0 radical (unpaired) electrons. The molecule has 1 N–H and O–H groups in total. The van der Waals surface area contributed by atoms with E-state index in [1.165, 1.54) is 21.8 Å². The van der Waals surface area contributed by atoms with E-state index in [0.717, 1.165) is 19.3 Å². The fraction of sp³-hybridized carbons (Fsp3) is 0.429. The molecule has 0 spiro atoms. The van der Waals surface area contributed by atoms with Crippen LogP contribution in [0.1, 0.15) is 73.4 Å². The van der Waals surface area contributed by atoms with Gasteiger partial charge in [-0.3, -0.25) is 19.2 Å². The van der Waals surface area contributed by atoms with Gasteiger partial charge in [-0.2, -0.15) is 0 Å². The number of nitrogens with one attached hydrogen (secondary N) is 1. The monoisotopic (exact) mass is 496 g/mol. The molecule has 0 unspecified atom stereocenters. The molecule has 1 heterocycles. The summed E-state index contributed by atoms with van der Waals surface area (Å²) in [6.45, 7) is 7.57. The van der Waals surface area contributed by atoms with Gasteiger partial charge in [0.05, 0.1) is 39.7 Å². The summed E-state index contributed by atoms with van der Waals surface area (Å²) in [7, 11) is 0. The van der Waals surface area contributed by atoms with Gasteiger partial charge < -0.3 is 5.32 Å². The molecule has 1 aliphatic carbocycles. The summed E-state index contributed by atoms with van der Waals surface area (Å²) in [4.78, 5) is 50.8. The second-order valence-corrected chi connectivity index (χ2v) is 7.85. The quantitative estimate of drug-likeness (QED) is 0.338. The highest BCUT2D eigenvalue weighted by Gasteiger charge is 2.37. The van der Waals surface area contributed by atoms with Crippen LogP contribution in [0, 0.1) is 0 Å². The molecular weight excluding hydrogens is 471 g/mol. The summed E-state index contributed by atoms with van der Waals surface area (Å²) in [5.74, 6) is -0.907. The van der Waals surface area contributed by atoms with Crippen molar-refractivity contribution in [3.05, 3.63) is 56.2 Å². The highest BCUT2D eigenvalue weighted by molar-refractivity contribution is 14.1. The Labute approximate surface area is 178 Å². The van der Waals surface area contributed by atoms with Crippen molar-refractivity contribution in [2.24, 2.45) is 0 Å². The van der Waals surface area contributed by atoms with Crippen molar-refractivity contribution in [3.63, 3.8) is 0 Å². The molecule has 0 amide bonds. The lowest BCUT2D eigenvalue weighted by molar-refractivity contribution is -0.112. The molecule has 0 saturated heterocycles. The Morgan fingerprint density at radius 2 is 1.82 bits per heavy atom. The van der Waals surface area contributed by atoms with E-state index in [0.29, 0.717) is 24.1 Å². The van der Waals surface area contributed by atoms with Gasteiger partial charge in [-0.1, -0.05) is 26.7 Å². The summed E-state index contributed by atoms with van der Waals surface area (Å²) in [5.41, 5.74) is 1.47. The van der Waals surface area contributed by atoms with Crippen LogP contribution in [-0.4, -0.2) is 26.7 Å². The highest BCUT2D eigenvalue weighted by Crippen LogP contribution is 2.32. The number of allylic oxidation sites excluding steroid dienone is 4. The molecular formula is C21H25IN2O4. The first kappa shape index (κ1) is 22.3. The Bertz CT molecular complexity index is 954. The number of aromatic nitrogens is 1. The van der Waals surface area contributed by atoms with E-state index in [1.807, 2.05) is 13.8 Å². The first-order valence-electron chi connectivity index (χ1n) is 9.46. The van der Waals surface area contributed by atoms with Gasteiger partial charge in [-0.15, -0.1) is 0 Å². The number of unbranched alkanes of at least 4 members (excludes halogenated alkanes) is 1. The fourth-order valence-corrected chi connectivity index (χ4v) is 3.94. The molecule has 1 aromatic rings. The maximum atomic E-state index is 13.5. The zero-order chi connectivity index (χ0) is 21.0. The second-order valence-electron chi connectivity index (χ2n) is 6.89. The Kier molecular flexibility index (Phi) is 7.51. The fourth-order valence-electron chi connectivity index (χ4n) is 3.34. The van der Waals surface area contributed by atoms with Crippen LogP contribution in [0.2, 0.25) is 0 Å². The summed E-state index contributed by atoms with van der Waals surface area (Å²) in [6, 6.07) is 1.43. The van der Waals surface area contributed by atoms with Gasteiger partial charge in [0.15, 0.2) is 11.6 Å². The van der Waals surface area contributed by atoms with Crippen molar-refractivity contribution < 1.29 is 14.4 Å². The molecule has 28 heavy (non-hydrogen) atoms. The number of fused-ring (bicyclic) bond motifs is 1. The van der Waals surface area contributed by atoms with E-state index in [4.69, 9.17) is 0 Å². The Morgan fingerprint density at radius 3 is 2.39 bits per heavy atom. The van der Waals surface area contributed by atoms with Crippen molar-refractivity contribution >= 4 is 40.2 Å². The van der Waals surface area contributed by atoms with Crippen molar-refractivity contribution in [3.8, 4) is 0 Å². The average Bonchev–Trinajstić information content (AvgIpc) is 2.61. The summed E-state index contributed by atoms with van der Waals surface area (Å²) in [6.07, 6.45) is 4.38. The number of rotatable bonds is 8. The van der Waals surface area contributed by atoms with Crippen LogP contribution in [-0.2, 0) is 11.2 Å². The van der Waals surface area contributed by atoms with Crippen molar-refractivity contribution in [1.82, 2.24) is 8.10 Å². The molecule has 0 aromatic carbocycles. The predicted octanol–water partition coefficient (Wildman–Crippen LogP) is 3.56. The van der Waals surface area contributed by atoms with Crippen LogP contribution in [0.4, 0.5) is 0 Å². The third-order valence-electron chi connectivity index (χ3n) is 4.56. The highest BCUT2D eigenvalue weighted by atomic mass is 127. The number of nitrogens with zero attached hydrogens (tertiary/aromatic N) is 1. The summed E-state index contributed by atoms with van der Waals surface area (Å²) in [5, 5.41) is 3.08. The molecule has 7 heteroatoms. The van der Waals surface area contributed by atoms with Crippen molar-refractivity contribution in [2.45, 2.75) is 53.4 Å². The molecule has 0 saturated carbocycles. The lowest BCUT2D eigenvalue weighted by Gasteiger charge is -2.25. The van der Waals surface area contributed by atoms with Gasteiger partial charge in [-0.25, -0.2) is 2.78 Å². The number of carbonyl (C=O) groups excluding carboxylic acids is 3. The molecule has 6 nitrogen and oxygen atoms in total. The number of halogens is 1. The van der Waals surface area contributed by atoms with Gasteiger partial charge >= 0.3 is 0 Å². The van der Waals surface area contributed by atoms with E-state index >= 15 is 0 Å². The Morgan fingerprint density at radius 1 is 1.14 bits per heavy atom. The number of Topliss-reactive ketones (excluding diaryl/α,β-unsaturated/α-hetero) is 2. The molecule has 2 rings (SSSR count). The van der Waals surface area contributed by atoms with E-state index in [-0.39, 0.29) is 45.4 Å². The van der Waals surface area contributed by atoms with Gasteiger partial charge in [0.1, 0.15) is 5.69 Å². The third kappa shape index (κ3) is 4.34. The second kappa shape index (κ2) is 9.45. The van der Waals surface area contributed by atoms with E-state index in [2.05, 4.69) is 5.32 Å². The summed E-state index contributed by atoms with van der Waals surface area (Å²) >= 11 is 1.77. The third-order valence-corrected chi connectivity index (χ3v) is 5.52. The van der Waals surface area contributed by atoms with Gasteiger partial charge in [0, 0.05) is 12.6 Å². The maximum Gasteiger partial charge on any atom is 0.260 e. The molecule has 0 bridgehead atoms. The van der Waals surface area contributed by atoms with Gasteiger partial charge in [-0.05, 0) is 43.9 Å². The van der Waals surface area contributed by atoms with Crippen molar-refractivity contribution in [2.75, 3.05) is 6.54 Å². The SMILES string of the molecule is CCCCNC1=C(/C(C)=C\C(C)=O)C(=O)c2c(CCC)cc(=O)n(I)c2C1=O. The Balaban J connectivity index is 2.79. The van der Waals surface area contributed by atoms with Crippen LogP contribution in [0.5, 0.6) is 0 Å². The van der Waals surface area contributed by atoms with E-state index < -0.39 is 0 Å². The molecule has 0 atom stereocenters. The zero-order valence-electron chi connectivity index (χ0n) is 16.6. The molecule has 1 aliphatic rings. The summed E-state index contributed by atoms with van der Waals surface area (Å²) < 4.78 is 1.22.